The molecule has 1 saturated heterocycles. The summed E-state index contributed by atoms with van der Waals surface area (Å²) in [4.78, 5) is 2.57. The van der Waals surface area contributed by atoms with E-state index in [4.69, 9.17) is 9.47 Å². The van der Waals surface area contributed by atoms with Gasteiger partial charge in [-0.1, -0.05) is 0 Å². The predicted molar refractivity (Wildman–Crippen MR) is 75.1 cm³/mol. The summed E-state index contributed by atoms with van der Waals surface area (Å²) in [6.45, 7) is 4.39. The minimum absolute atomic E-state index is 0.488. The molecule has 1 aliphatic carbocycles. The number of benzene rings is 1. The molecule has 1 unspecified atom stereocenters. The number of nitrogens with one attached hydrogen (secondary N) is 1. The molecule has 19 heavy (non-hydrogen) atoms. The van der Waals surface area contributed by atoms with Gasteiger partial charge in [0.1, 0.15) is 11.5 Å². The molecular weight excluding hydrogens is 240 g/mol. The van der Waals surface area contributed by atoms with Crippen LogP contribution < -0.4 is 14.8 Å². The number of fused-ring (bicyclic) bond motifs is 1. The minimum Gasteiger partial charge on any atom is -0.496 e. The second-order valence-corrected chi connectivity index (χ2v) is 5.20. The van der Waals surface area contributed by atoms with Crippen LogP contribution in [0.1, 0.15) is 23.6 Å². The van der Waals surface area contributed by atoms with E-state index in [1.165, 1.54) is 17.5 Å². The van der Waals surface area contributed by atoms with Crippen LogP contribution in [0, 0.1) is 0 Å². The lowest BCUT2D eigenvalue weighted by Gasteiger charge is -2.33. The first-order valence-electron chi connectivity index (χ1n) is 7.03. The van der Waals surface area contributed by atoms with Crippen LogP contribution in [-0.4, -0.2) is 45.3 Å². The number of ether oxygens (including phenoxy) is 2. The summed E-state index contributed by atoms with van der Waals surface area (Å²) in [7, 11) is 3.51. The molecule has 4 nitrogen and oxygen atoms in total. The first kappa shape index (κ1) is 12.8. The zero-order chi connectivity index (χ0) is 13.2. The molecule has 1 fully saturated rings. The Morgan fingerprint density at radius 1 is 1.11 bits per heavy atom. The Balaban J connectivity index is 1.97. The van der Waals surface area contributed by atoms with Gasteiger partial charge in [0, 0.05) is 43.3 Å². The van der Waals surface area contributed by atoms with Crippen molar-refractivity contribution in [3.8, 4) is 11.5 Å². The molecule has 1 aliphatic heterocycles. The zero-order valence-corrected chi connectivity index (χ0v) is 11.7. The van der Waals surface area contributed by atoms with E-state index in [2.05, 4.69) is 10.2 Å². The average Bonchev–Trinajstić information content (AvgIpc) is 2.92. The van der Waals surface area contributed by atoms with Crippen molar-refractivity contribution < 1.29 is 9.47 Å². The molecule has 1 atom stereocenters. The standard InChI is InChI=1S/C15H22N2O2/c1-18-13-5-6-14(19-2)15-11(13)3-4-12(15)17-9-7-16-8-10-17/h5-6,12,16H,3-4,7-10H2,1-2H3. The van der Waals surface area contributed by atoms with Crippen LogP contribution in [-0.2, 0) is 6.42 Å². The fourth-order valence-electron chi connectivity index (χ4n) is 3.40. The van der Waals surface area contributed by atoms with E-state index in [0.29, 0.717) is 6.04 Å². The lowest BCUT2D eigenvalue weighted by Crippen LogP contribution is -2.44. The Kier molecular flexibility index (Phi) is 3.62. The fourth-order valence-corrected chi connectivity index (χ4v) is 3.40. The van der Waals surface area contributed by atoms with Crippen LogP contribution in [0.2, 0.25) is 0 Å². The number of hydrogen-bond acceptors (Lipinski definition) is 4. The van der Waals surface area contributed by atoms with Crippen LogP contribution in [0.3, 0.4) is 0 Å². The second kappa shape index (κ2) is 5.39. The van der Waals surface area contributed by atoms with Crippen molar-refractivity contribution in [2.75, 3.05) is 40.4 Å². The number of nitrogens with zero attached hydrogens (tertiary/aromatic N) is 1. The molecule has 1 aromatic rings. The van der Waals surface area contributed by atoms with Crippen molar-refractivity contribution >= 4 is 0 Å². The molecule has 0 radical (unpaired) electrons. The highest BCUT2D eigenvalue weighted by Gasteiger charge is 2.33. The van der Waals surface area contributed by atoms with Crippen LogP contribution in [0.5, 0.6) is 11.5 Å². The monoisotopic (exact) mass is 262 g/mol. The van der Waals surface area contributed by atoms with Gasteiger partial charge in [-0.05, 0) is 25.0 Å². The molecular formula is C15H22N2O2. The highest BCUT2D eigenvalue weighted by molar-refractivity contribution is 5.53. The van der Waals surface area contributed by atoms with Crippen molar-refractivity contribution in [1.82, 2.24) is 10.2 Å². The number of rotatable bonds is 3. The van der Waals surface area contributed by atoms with Crippen LogP contribution in [0.15, 0.2) is 12.1 Å². The third kappa shape index (κ3) is 2.19. The normalized spacial score (nSPS) is 23.2. The molecule has 0 aromatic heterocycles. The van der Waals surface area contributed by atoms with Gasteiger partial charge >= 0.3 is 0 Å². The summed E-state index contributed by atoms with van der Waals surface area (Å²) >= 11 is 0. The van der Waals surface area contributed by atoms with Crippen LogP contribution >= 0.6 is 0 Å². The van der Waals surface area contributed by atoms with Gasteiger partial charge in [-0.2, -0.15) is 0 Å². The fraction of sp³-hybridized carbons (Fsp3) is 0.600. The first-order chi connectivity index (χ1) is 9.35. The largest absolute Gasteiger partial charge is 0.496 e. The van der Waals surface area contributed by atoms with E-state index in [0.717, 1.165) is 44.1 Å². The molecule has 0 bridgehead atoms. The van der Waals surface area contributed by atoms with Crippen molar-refractivity contribution in [3.05, 3.63) is 23.3 Å². The highest BCUT2D eigenvalue weighted by Crippen LogP contribution is 2.45. The molecule has 0 spiro atoms. The minimum atomic E-state index is 0.488. The molecule has 2 aliphatic rings. The van der Waals surface area contributed by atoms with Gasteiger partial charge in [-0.25, -0.2) is 0 Å². The Morgan fingerprint density at radius 3 is 2.47 bits per heavy atom. The number of piperazine rings is 1. The van der Waals surface area contributed by atoms with E-state index in [1.54, 1.807) is 14.2 Å². The van der Waals surface area contributed by atoms with Gasteiger partial charge in [0.25, 0.3) is 0 Å². The summed E-state index contributed by atoms with van der Waals surface area (Å²) in [5.41, 5.74) is 2.69. The SMILES string of the molecule is COc1ccc(OC)c2c1CCC2N1CCNCC1. The van der Waals surface area contributed by atoms with Gasteiger partial charge < -0.3 is 14.8 Å². The van der Waals surface area contributed by atoms with Crippen molar-refractivity contribution in [1.29, 1.82) is 0 Å². The Bertz CT molecular complexity index is 456. The van der Waals surface area contributed by atoms with Gasteiger partial charge in [0.05, 0.1) is 14.2 Å². The lowest BCUT2D eigenvalue weighted by atomic mass is 10.0. The van der Waals surface area contributed by atoms with Gasteiger partial charge in [0.15, 0.2) is 0 Å². The molecule has 4 heteroatoms. The van der Waals surface area contributed by atoms with E-state index in [1.807, 2.05) is 12.1 Å². The zero-order valence-electron chi connectivity index (χ0n) is 11.7. The molecule has 1 aromatic carbocycles. The van der Waals surface area contributed by atoms with Crippen LogP contribution in [0.25, 0.3) is 0 Å². The van der Waals surface area contributed by atoms with Gasteiger partial charge in [0.2, 0.25) is 0 Å². The lowest BCUT2D eigenvalue weighted by molar-refractivity contribution is 0.171. The molecule has 104 valence electrons. The van der Waals surface area contributed by atoms with Crippen molar-refractivity contribution in [2.24, 2.45) is 0 Å². The van der Waals surface area contributed by atoms with E-state index < -0.39 is 0 Å². The summed E-state index contributed by atoms with van der Waals surface area (Å²) in [5, 5.41) is 3.42. The summed E-state index contributed by atoms with van der Waals surface area (Å²) in [5.74, 6) is 2.02. The van der Waals surface area contributed by atoms with Gasteiger partial charge in [-0.15, -0.1) is 0 Å². The molecule has 1 heterocycles. The summed E-state index contributed by atoms with van der Waals surface area (Å²) < 4.78 is 11.1. The third-order valence-electron chi connectivity index (χ3n) is 4.31. The maximum Gasteiger partial charge on any atom is 0.124 e. The van der Waals surface area contributed by atoms with E-state index >= 15 is 0 Å². The number of hydrogen-bond donors (Lipinski definition) is 1. The highest BCUT2D eigenvalue weighted by atomic mass is 16.5. The van der Waals surface area contributed by atoms with E-state index in [-0.39, 0.29) is 0 Å². The third-order valence-corrected chi connectivity index (χ3v) is 4.31. The topological polar surface area (TPSA) is 33.7 Å². The maximum atomic E-state index is 5.58. The smallest absolute Gasteiger partial charge is 0.124 e. The summed E-state index contributed by atoms with van der Waals surface area (Å²) in [6, 6.07) is 4.55. The summed E-state index contributed by atoms with van der Waals surface area (Å²) in [6.07, 6.45) is 2.26. The predicted octanol–water partition coefficient (Wildman–Crippen LogP) is 1.60. The Morgan fingerprint density at radius 2 is 1.79 bits per heavy atom. The number of methoxy groups -OCH3 is 2. The first-order valence-corrected chi connectivity index (χ1v) is 7.03. The maximum absolute atomic E-state index is 5.58. The second-order valence-electron chi connectivity index (χ2n) is 5.20. The molecule has 1 N–H and O–H groups in total. The molecule has 3 rings (SSSR count). The Labute approximate surface area is 114 Å². The van der Waals surface area contributed by atoms with Crippen molar-refractivity contribution in [2.45, 2.75) is 18.9 Å². The average molecular weight is 262 g/mol. The van der Waals surface area contributed by atoms with Crippen molar-refractivity contribution in [3.63, 3.8) is 0 Å². The molecule has 0 amide bonds. The molecule has 0 saturated carbocycles. The van der Waals surface area contributed by atoms with E-state index in [9.17, 15) is 0 Å². The quantitative estimate of drug-likeness (QED) is 0.897. The van der Waals surface area contributed by atoms with Gasteiger partial charge in [-0.3, -0.25) is 4.90 Å². The van der Waals surface area contributed by atoms with Crippen LogP contribution in [0.4, 0.5) is 0 Å². The Hall–Kier alpha value is -1.26.